The van der Waals surface area contributed by atoms with Crippen molar-refractivity contribution in [1.82, 2.24) is 15.6 Å². The molecule has 0 amide bonds. The Morgan fingerprint density at radius 2 is 1.96 bits per heavy atom. The number of halogens is 2. The van der Waals surface area contributed by atoms with Gasteiger partial charge >= 0.3 is 0 Å². The molecule has 0 aliphatic carbocycles. The molecule has 1 aromatic heterocycles. The molecule has 25 heavy (non-hydrogen) atoms. The summed E-state index contributed by atoms with van der Waals surface area (Å²) in [5.41, 5.74) is 3.47. The van der Waals surface area contributed by atoms with E-state index in [0.29, 0.717) is 0 Å². The highest BCUT2D eigenvalue weighted by atomic mass is 127. The Balaban J connectivity index is 0.00000312. The van der Waals surface area contributed by atoms with Crippen molar-refractivity contribution in [2.45, 2.75) is 26.7 Å². The Labute approximate surface area is 172 Å². The maximum atomic E-state index is 6.01. The van der Waals surface area contributed by atoms with Crippen LogP contribution in [0.3, 0.4) is 0 Å². The fraction of sp³-hybridized carbons (Fsp3) is 0.368. The standard InChI is InChI=1S/C19H25ClN4.HI/c1-3-21-19(22-11-9-16-5-4-6-18(20)13-16)23-12-10-17-8-7-15(2)24-14-17;/h4-8,13-14H,3,9-12H2,1-2H3,(H2,21,22,23);1H. The number of benzene rings is 1. The molecule has 2 rings (SSSR count). The van der Waals surface area contributed by atoms with Crippen LogP contribution in [0, 0.1) is 6.92 Å². The van der Waals surface area contributed by atoms with E-state index in [9.17, 15) is 0 Å². The van der Waals surface area contributed by atoms with Crippen molar-refractivity contribution in [2.75, 3.05) is 19.6 Å². The van der Waals surface area contributed by atoms with Crippen LogP contribution < -0.4 is 10.6 Å². The summed E-state index contributed by atoms with van der Waals surface area (Å²) in [6.45, 7) is 6.46. The highest BCUT2D eigenvalue weighted by molar-refractivity contribution is 14.0. The van der Waals surface area contributed by atoms with Crippen molar-refractivity contribution in [3.8, 4) is 0 Å². The van der Waals surface area contributed by atoms with E-state index < -0.39 is 0 Å². The van der Waals surface area contributed by atoms with Crippen LogP contribution in [0.15, 0.2) is 47.6 Å². The summed E-state index contributed by atoms with van der Waals surface area (Å²) < 4.78 is 0. The van der Waals surface area contributed by atoms with E-state index in [1.165, 1.54) is 11.1 Å². The summed E-state index contributed by atoms with van der Waals surface area (Å²) in [5.74, 6) is 0.847. The quantitative estimate of drug-likeness (QED) is 0.364. The first-order valence-corrected chi connectivity index (χ1v) is 8.73. The van der Waals surface area contributed by atoms with E-state index in [4.69, 9.17) is 11.6 Å². The molecular weight excluding hydrogens is 447 g/mol. The molecule has 0 saturated heterocycles. The van der Waals surface area contributed by atoms with E-state index in [1.807, 2.05) is 37.4 Å². The van der Waals surface area contributed by atoms with Crippen LogP contribution in [0.1, 0.15) is 23.7 Å². The predicted octanol–water partition coefficient (Wildman–Crippen LogP) is 4.00. The fourth-order valence-electron chi connectivity index (χ4n) is 2.30. The zero-order valence-corrected chi connectivity index (χ0v) is 17.8. The molecule has 0 radical (unpaired) electrons. The topological polar surface area (TPSA) is 49.3 Å². The van der Waals surface area contributed by atoms with Gasteiger partial charge in [-0.2, -0.15) is 0 Å². The smallest absolute Gasteiger partial charge is 0.191 e. The van der Waals surface area contributed by atoms with Crippen LogP contribution in [-0.4, -0.2) is 30.6 Å². The Morgan fingerprint density at radius 1 is 1.12 bits per heavy atom. The molecule has 0 bridgehead atoms. The van der Waals surface area contributed by atoms with Crippen LogP contribution in [-0.2, 0) is 12.8 Å². The zero-order valence-electron chi connectivity index (χ0n) is 14.8. The van der Waals surface area contributed by atoms with Crippen LogP contribution in [0.5, 0.6) is 0 Å². The number of hydrogen-bond acceptors (Lipinski definition) is 2. The molecule has 2 aromatic rings. The first-order chi connectivity index (χ1) is 11.7. The van der Waals surface area contributed by atoms with Gasteiger partial charge in [-0.1, -0.05) is 29.8 Å². The number of aryl methyl sites for hydroxylation is 1. The van der Waals surface area contributed by atoms with Crippen molar-refractivity contribution in [3.05, 3.63) is 64.4 Å². The molecule has 2 N–H and O–H groups in total. The number of nitrogens with zero attached hydrogens (tertiary/aromatic N) is 2. The zero-order chi connectivity index (χ0) is 17.2. The van der Waals surface area contributed by atoms with Crippen LogP contribution in [0.25, 0.3) is 0 Å². The minimum atomic E-state index is 0. The highest BCUT2D eigenvalue weighted by Crippen LogP contribution is 2.10. The number of aliphatic imine (C=N–C) groups is 1. The number of aromatic nitrogens is 1. The second kappa shape index (κ2) is 12.1. The van der Waals surface area contributed by atoms with Crippen molar-refractivity contribution in [1.29, 1.82) is 0 Å². The average molecular weight is 473 g/mol. The lowest BCUT2D eigenvalue weighted by Gasteiger charge is -2.11. The van der Waals surface area contributed by atoms with Gasteiger partial charge in [0.05, 0.1) is 0 Å². The number of guanidine groups is 1. The summed E-state index contributed by atoms with van der Waals surface area (Å²) in [5, 5.41) is 7.41. The molecule has 136 valence electrons. The molecule has 0 saturated carbocycles. The molecule has 4 nitrogen and oxygen atoms in total. The molecule has 6 heteroatoms. The maximum Gasteiger partial charge on any atom is 0.191 e. The minimum Gasteiger partial charge on any atom is -0.357 e. The van der Waals surface area contributed by atoms with E-state index in [0.717, 1.165) is 49.2 Å². The lowest BCUT2D eigenvalue weighted by Crippen LogP contribution is -2.38. The lowest BCUT2D eigenvalue weighted by molar-refractivity contribution is 0.794. The number of pyridine rings is 1. The molecular formula is C19H26ClIN4. The third kappa shape index (κ3) is 8.54. The van der Waals surface area contributed by atoms with Crippen molar-refractivity contribution < 1.29 is 0 Å². The summed E-state index contributed by atoms with van der Waals surface area (Å²) >= 11 is 6.01. The normalized spacial score (nSPS) is 10.9. The van der Waals surface area contributed by atoms with E-state index in [2.05, 4.69) is 39.7 Å². The van der Waals surface area contributed by atoms with Gasteiger partial charge in [0, 0.05) is 36.5 Å². The van der Waals surface area contributed by atoms with Crippen molar-refractivity contribution in [2.24, 2.45) is 4.99 Å². The van der Waals surface area contributed by atoms with Crippen LogP contribution in [0.4, 0.5) is 0 Å². The molecule has 0 atom stereocenters. The first-order valence-electron chi connectivity index (χ1n) is 8.35. The molecule has 0 spiro atoms. The maximum absolute atomic E-state index is 6.01. The molecule has 1 heterocycles. The van der Waals surface area contributed by atoms with Crippen LogP contribution >= 0.6 is 35.6 Å². The highest BCUT2D eigenvalue weighted by Gasteiger charge is 1.99. The van der Waals surface area contributed by atoms with E-state index in [1.54, 1.807) is 0 Å². The number of nitrogens with one attached hydrogen (secondary N) is 2. The Bertz CT molecular complexity index is 659. The van der Waals surface area contributed by atoms with Gasteiger partial charge in [0.1, 0.15) is 0 Å². The number of hydrogen-bond donors (Lipinski definition) is 2. The Morgan fingerprint density at radius 3 is 2.64 bits per heavy atom. The van der Waals surface area contributed by atoms with Crippen LogP contribution in [0.2, 0.25) is 5.02 Å². The van der Waals surface area contributed by atoms with Gasteiger partial charge < -0.3 is 10.6 Å². The summed E-state index contributed by atoms with van der Waals surface area (Å²) in [6, 6.07) is 12.1. The first kappa shape index (κ1) is 21.7. The van der Waals surface area contributed by atoms with Crippen molar-refractivity contribution >= 4 is 41.5 Å². The Hall–Kier alpha value is -1.34. The monoisotopic (exact) mass is 472 g/mol. The summed E-state index contributed by atoms with van der Waals surface area (Å²) in [4.78, 5) is 8.94. The SMILES string of the molecule is CCNC(=NCCc1cccc(Cl)c1)NCCc1ccc(C)nc1.I. The molecule has 0 unspecified atom stereocenters. The minimum absolute atomic E-state index is 0. The van der Waals surface area contributed by atoms with Gasteiger partial charge in [0.2, 0.25) is 0 Å². The molecule has 0 fully saturated rings. The lowest BCUT2D eigenvalue weighted by atomic mass is 10.1. The summed E-state index contributed by atoms with van der Waals surface area (Å²) in [6.07, 6.45) is 3.73. The second-order valence-corrected chi connectivity index (χ2v) is 6.06. The van der Waals surface area contributed by atoms with Gasteiger partial charge in [0.25, 0.3) is 0 Å². The van der Waals surface area contributed by atoms with Gasteiger partial charge in [-0.05, 0) is 56.0 Å². The van der Waals surface area contributed by atoms with Gasteiger partial charge in [-0.15, -0.1) is 24.0 Å². The third-order valence-electron chi connectivity index (χ3n) is 3.58. The molecule has 0 aliphatic rings. The van der Waals surface area contributed by atoms with Gasteiger partial charge in [-0.25, -0.2) is 0 Å². The summed E-state index contributed by atoms with van der Waals surface area (Å²) in [7, 11) is 0. The molecule has 0 aliphatic heterocycles. The van der Waals surface area contributed by atoms with Crippen molar-refractivity contribution in [3.63, 3.8) is 0 Å². The average Bonchev–Trinajstić information content (AvgIpc) is 2.57. The number of rotatable bonds is 7. The predicted molar refractivity (Wildman–Crippen MR) is 117 cm³/mol. The van der Waals surface area contributed by atoms with Gasteiger partial charge in [-0.3, -0.25) is 9.98 Å². The fourth-order valence-corrected chi connectivity index (χ4v) is 2.52. The molecule has 1 aromatic carbocycles. The van der Waals surface area contributed by atoms with E-state index >= 15 is 0 Å². The van der Waals surface area contributed by atoms with E-state index in [-0.39, 0.29) is 24.0 Å². The Kier molecular flexibility index (Phi) is 10.5. The second-order valence-electron chi connectivity index (χ2n) is 5.63. The largest absolute Gasteiger partial charge is 0.357 e. The third-order valence-corrected chi connectivity index (χ3v) is 3.82. The van der Waals surface area contributed by atoms with Gasteiger partial charge in [0.15, 0.2) is 5.96 Å².